The smallest absolute Gasteiger partial charge is 0.247 e. The summed E-state index contributed by atoms with van der Waals surface area (Å²) in [5.41, 5.74) is 2.32. The number of amides is 1. The minimum atomic E-state index is -0.282. The van der Waals surface area contributed by atoms with Gasteiger partial charge in [0, 0.05) is 5.69 Å². The highest BCUT2D eigenvalue weighted by Crippen LogP contribution is 2.23. The minimum Gasteiger partial charge on any atom is -0.489 e. The van der Waals surface area contributed by atoms with Crippen LogP contribution < -0.4 is 10.1 Å². The maximum atomic E-state index is 13.1. The lowest BCUT2D eigenvalue weighted by atomic mass is 10.2. The Labute approximate surface area is 123 Å². The maximum Gasteiger partial charge on any atom is 0.247 e. The SMILES string of the molecule is C=CC(=O)Nc1ccc(OCc2cccc(F)c2)c(C)c1. The average Bonchev–Trinajstić information content (AvgIpc) is 2.46. The van der Waals surface area contributed by atoms with Crippen LogP contribution in [0.4, 0.5) is 10.1 Å². The summed E-state index contributed by atoms with van der Waals surface area (Å²) in [6, 6.07) is 11.6. The highest BCUT2D eigenvalue weighted by molar-refractivity contribution is 5.98. The largest absolute Gasteiger partial charge is 0.489 e. The molecule has 0 radical (unpaired) electrons. The van der Waals surface area contributed by atoms with Crippen LogP contribution in [-0.2, 0) is 11.4 Å². The minimum absolute atomic E-state index is 0.261. The Morgan fingerprint density at radius 3 is 2.81 bits per heavy atom. The molecule has 0 unspecified atom stereocenters. The molecule has 2 aromatic carbocycles. The Morgan fingerprint density at radius 2 is 2.14 bits per heavy atom. The number of benzene rings is 2. The molecule has 1 N–H and O–H groups in total. The van der Waals surface area contributed by atoms with Crippen molar-refractivity contribution in [2.45, 2.75) is 13.5 Å². The van der Waals surface area contributed by atoms with Gasteiger partial charge in [0.1, 0.15) is 18.2 Å². The number of carbonyl (C=O) groups is 1. The maximum absolute atomic E-state index is 13.1. The van der Waals surface area contributed by atoms with Crippen LogP contribution in [0.1, 0.15) is 11.1 Å². The molecular weight excluding hydrogens is 269 g/mol. The molecular formula is C17H16FNO2. The second-order valence-electron chi connectivity index (χ2n) is 4.59. The molecule has 4 heteroatoms. The highest BCUT2D eigenvalue weighted by atomic mass is 19.1. The van der Waals surface area contributed by atoms with Gasteiger partial charge in [-0.15, -0.1) is 0 Å². The highest BCUT2D eigenvalue weighted by Gasteiger charge is 2.04. The summed E-state index contributed by atoms with van der Waals surface area (Å²) in [6.07, 6.45) is 1.21. The van der Waals surface area contributed by atoms with E-state index in [0.717, 1.165) is 11.1 Å². The van der Waals surface area contributed by atoms with E-state index < -0.39 is 0 Å². The summed E-state index contributed by atoms with van der Waals surface area (Å²) in [7, 11) is 0. The van der Waals surface area contributed by atoms with Gasteiger partial charge in [0.15, 0.2) is 0 Å². The summed E-state index contributed by atoms with van der Waals surface area (Å²) >= 11 is 0. The van der Waals surface area contributed by atoms with Crippen LogP contribution in [0.25, 0.3) is 0 Å². The molecule has 2 rings (SSSR count). The first kappa shape index (κ1) is 14.8. The van der Waals surface area contributed by atoms with Crippen LogP contribution >= 0.6 is 0 Å². The van der Waals surface area contributed by atoms with Crippen molar-refractivity contribution < 1.29 is 13.9 Å². The van der Waals surface area contributed by atoms with Crippen LogP contribution in [0.3, 0.4) is 0 Å². The lowest BCUT2D eigenvalue weighted by Gasteiger charge is -2.11. The fourth-order valence-corrected chi connectivity index (χ4v) is 1.87. The third-order valence-electron chi connectivity index (χ3n) is 2.91. The molecule has 0 fully saturated rings. The van der Waals surface area contributed by atoms with Crippen molar-refractivity contribution in [3.63, 3.8) is 0 Å². The van der Waals surface area contributed by atoms with E-state index in [1.807, 2.05) is 13.0 Å². The van der Waals surface area contributed by atoms with Crippen molar-refractivity contribution >= 4 is 11.6 Å². The monoisotopic (exact) mass is 285 g/mol. The number of nitrogens with one attached hydrogen (secondary N) is 1. The van der Waals surface area contributed by atoms with Gasteiger partial charge in [-0.25, -0.2) is 4.39 Å². The molecule has 0 bridgehead atoms. The standard InChI is InChI=1S/C17H16FNO2/c1-3-17(20)19-15-7-8-16(12(2)9-15)21-11-13-5-4-6-14(18)10-13/h3-10H,1,11H2,2H3,(H,19,20). The van der Waals surface area contributed by atoms with Crippen LogP contribution in [0.2, 0.25) is 0 Å². The third-order valence-corrected chi connectivity index (χ3v) is 2.91. The second kappa shape index (κ2) is 6.70. The van der Waals surface area contributed by atoms with Gasteiger partial charge in [0.2, 0.25) is 5.91 Å². The van der Waals surface area contributed by atoms with Crippen LogP contribution in [0.15, 0.2) is 55.1 Å². The van der Waals surface area contributed by atoms with E-state index in [1.54, 1.807) is 24.3 Å². The first-order chi connectivity index (χ1) is 10.1. The third kappa shape index (κ3) is 4.18. The number of rotatable bonds is 5. The predicted molar refractivity (Wildman–Crippen MR) is 80.7 cm³/mol. The van der Waals surface area contributed by atoms with E-state index in [0.29, 0.717) is 11.4 Å². The van der Waals surface area contributed by atoms with Crippen molar-refractivity contribution in [1.82, 2.24) is 0 Å². The van der Waals surface area contributed by atoms with Crippen molar-refractivity contribution in [3.8, 4) is 5.75 Å². The zero-order valence-corrected chi connectivity index (χ0v) is 11.7. The summed E-state index contributed by atoms with van der Waals surface area (Å²) in [4.78, 5) is 11.2. The Morgan fingerprint density at radius 1 is 1.33 bits per heavy atom. The number of halogens is 1. The molecule has 0 aliphatic rings. The number of hydrogen-bond donors (Lipinski definition) is 1. The van der Waals surface area contributed by atoms with Gasteiger partial charge in [-0.05, 0) is 54.5 Å². The molecule has 0 atom stereocenters. The van der Waals surface area contributed by atoms with Crippen molar-refractivity contribution in [2.24, 2.45) is 0 Å². The van der Waals surface area contributed by atoms with E-state index in [1.165, 1.54) is 18.2 Å². The topological polar surface area (TPSA) is 38.3 Å². The van der Waals surface area contributed by atoms with Gasteiger partial charge in [0.25, 0.3) is 0 Å². The molecule has 0 spiro atoms. The molecule has 0 aliphatic carbocycles. The van der Waals surface area contributed by atoms with Crippen molar-refractivity contribution in [3.05, 3.63) is 72.1 Å². The summed E-state index contributed by atoms with van der Waals surface area (Å²) in [6.45, 7) is 5.57. The molecule has 21 heavy (non-hydrogen) atoms. The van der Waals surface area contributed by atoms with Gasteiger partial charge in [0.05, 0.1) is 0 Å². The molecule has 0 aromatic heterocycles. The normalized spacial score (nSPS) is 10.0. The summed E-state index contributed by atoms with van der Waals surface area (Å²) < 4.78 is 18.7. The molecule has 2 aromatic rings. The zero-order valence-electron chi connectivity index (χ0n) is 11.7. The van der Waals surface area contributed by atoms with E-state index in [9.17, 15) is 9.18 Å². The average molecular weight is 285 g/mol. The van der Waals surface area contributed by atoms with Gasteiger partial charge in [-0.3, -0.25) is 4.79 Å². The van der Waals surface area contributed by atoms with Crippen LogP contribution in [-0.4, -0.2) is 5.91 Å². The lowest BCUT2D eigenvalue weighted by Crippen LogP contribution is -2.07. The first-order valence-electron chi connectivity index (χ1n) is 6.50. The quantitative estimate of drug-likeness (QED) is 0.848. The van der Waals surface area contributed by atoms with E-state index in [4.69, 9.17) is 4.74 Å². The fourth-order valence-electron chi connectivity index (χ4n) is 1.87. The summed E-state index contributed by atoms with van der Waals surface area (Å²) in [5.74, 6) is 0.147. The van der Waals surface area contributed by atoms with Gasteiger partial charge in [-0.2, -0.15) is 0 Å². The molecule has 0 aliphatic heterocycles. The molecule has 0 saturated carbocycles. The molecule has 108 valence electrons. The predicted octanol–water partition coefficient (Wildman–Crippen LogP) is 3.84. The number of aryl methyl sites for hydroxylation is 1. The number of carbonyl (C=O) groups excluding carboxylic acids is 1. The fraction of sp³-hybridized carbons (Fsp3) is 0.118. The van der Waals surface area contributed by atoms with E-state index in [2.05, 4.69) is 11.9 Å². The Kier molecular flexibility index (Phi) is 4.72. The van der Waals surface area contributed by atoms with Crippen molar-refractivity contribution in [2.75, 3.05) is 5.32 Å². The van der Waals surface area contributed by atoms with E-state index >= 15 is 0 Å². The molecule has 1 amide bonds. The van der Waals surface area contributed by atoms with Crippen LogP contribution in [0, 0.1) is 12.7 Å². The summed E-state index contributed by atoms with van der Waals surface area (Å²) in [5, 5.41) is 2.68. The van der Waals surface area contributed by atoms with Crippen molar-refractivity contribution in [1.29, 1.82) is 0 Å². The van der Waals surface area contributed by atoms with Crippen LogP contribution in [0.5, 0.6) is 5.75 Å². The first-order valence-corrected chi connectivity index (χ1v) is 6.50. The zero-order chi connectivity index (χ0) is 15.2. The number of ether oxygens (including phenoxy) is 1. The second-order valence-corrected chi connectivity index (χ2v) is 4.59. The Balaban J connectivity index is 2.04. The Bertz CT molecular complexity index is 668. The van der Waals surface area contributed by atoms with Gasteiger partial charge in [-0.1, -0.05) is 18.7 Å². The molecule has 3 nitrogen and oxygen atoms in total. The Hall–Kier alpha value is -2.62. The van der Waals surface area contributed by atoms with Gasteiger partial charge >= 0.3 is 0 Å². The molecule has 0 heterocycles. The number of hydrogen-bond acceptors (Lipinski definition) is 2. The van der Waals surface area contributed by atoms with Gasteiger partial charge < -0.3 is 10.1 Å². The molecule has 0 saturated heterocycles. The number of anilines is 1. The lowest BCUT2D eigenvalue weighted by molar-refractivity contribution is -0.111. The van der Waals surface area contributed by atoms with E-state index in [-0.39, 0.29) is 18.3 Å².